The number of fused-ring (bicyclic) bond motifs is 1. The fraction of sp³-hybridized carbons (Fsp3) is 0.500. The molecule has 0 aliphatic rings. The number of carbonyl (C=O) groups excluding carboxylic acids is 1. The van der Waals surface area contributed by atoms with E-state index in [0.29, 0.717) is 23.8 Å². The van der Waals surface area contributed by atoms with Crippen molar-refractivity contribution < 1.29 is 9.53 Å². The number of anilines is 1. The minimum Gasteiger partial charge on any atom is -0.467 e. The fourth-order valence-corrected chi connectivity index (χ4v) is 1.89. The van der Waals surface area contributed by atoms with Gasteiger partial charge in [0.1, 0.15) is 11.9 Å². The summed E-state index contributed by atoms with van der Waals surface area (Å²) < 4.78 is 5.90. The van der Waals surface area contributed by atoms with Gasteiger partial charge in [-0.2, -0.15) is 9.61 Å². The van der Waals surface area contributed by atoms with Crippen molar-refractivity contribution in [2.45, 2.75) is 26.3 Å². The van der Waals surface area contributed by atoms with E-state index in [1.165, 1.54) is 7.11 Å². The third-order valence-electron chi connectivity index (χ3n) is 2.79. The van der Waals surface area contributed by atoms with Gasteiger partial charge in [-0.15, -0.1) is 5.10 Å². The van der Waals surface area contributed by atoms with E-state index in [1.807, 2.05) is 13.8 Å². The van der Waals surface area contributed by atoms with Gasteiger partial charge < -0.3 is 10.1 Å². The monoisotopic (exact) mass is 279 g/mol. The average molecular weight is 279 g/mol. The highest BCUT2D eigenvalue weighted by Gasteiger charge is 2.21. The minimum atomic E-state index is -0.507. The second-order valence-corrected chi connectivity index (χ2v) is 4.87. The smallest absolute Gasteiger partial charge is 0.364 e. The minimum absolute atomic E-state index is 0.312. The zero-order chi connectivity index (χ0) is 14.7. The van der Waals surface area contributed by atoms with Crippen molar-refractivity contribution in [1.29, 1.82) is 0 Å². The van der Waals surface area contributed by atoms with Crippen molar-refractivity contribution in [1.82, 2.24) is 19.8 Å². The molecule has 1 atom stereocenters. The van der Waals surface area contributed by atoms with Gasteiger partial charge in [0.05, 0.1) is 7.11 Å². The lowest BCUT2D eigenvalue weighted by atomic mass is 10.0. The summed E-state index contributed by atoms with van der Waals surface area (Å²) in [5.41, 5.74) is -0.0128. The van der Waals surface area contributed by atoms with Crippen LogP contribution < -0.4 is 11.0 Å². The molecular weight excluding hydrogens is 262 g/mol. The Hall–Kier alpha value is -2.38. The van der Waals surface area contributed by atoms with Gasteiger partial charge in [0.15, 0.2) is 5.65 Å². The molecule has 0 bridgehead atoms. The van der Waals surface area contributed by atoms with Crippen LogP contribution in [0.2, 0.25) is 0 Å². The van der Waals surface area contributed by atoms with Crippen molar-refractivity contribution in [2.24, 2.45) is 5.92 Å². The first-order chi connectivity index (χ1) is 9.51. The van der Waals surface area contributed by atoms with Crippen molar-refractivity contribution >= 4 is 17.4 Å². The molecule has 1 unspecified atom stereocenters. The molecule has 2 N–H and O–H groups in total. The Labute approximate surface area is 115 Å². The highest BCUT2D eigenvalue weighted by molar-refractivity contribution is 5.78. The number of aromatic nitrogens is 4. The van der Waals surface area contributed by atoms with Crippen molar-refractivity contribution in [3.05, 3.63) is 22.6 Å². The summed E-state index contributed by atoms with van der Waals surface area (Å²) in [6, 6.07) is 2.79. The summed E-state index contributed by atoms with van der Waals surface area (Å²) in [7, 11) is 1.34. The number of aromatic amines is 1. The summed E-state index contributed by atoms with van der Waals surface area (Å²) in [4.78, 5) is 23.2. The Morgan fingerprint density at radius 1 is 1.50 bits per heavy atom. The Bertz CT molecular complexity index is 660. The number of hydrogen-bond acceptors (Lipinski definition) is 6. The van der Waals surface area contributed by atoms with E-state index in [2.05, 4.69) is 20.6 Å². The summed E-state index contributed by atoms with van der Waals surface area (Å²) in [5, 5.41) is 13.2. The maximum absolute atomic E-state index is 11.7. The van der Waals surface area contributed by atoms with E-state index in [0.717, 1.165) is 4.52 Å². The average Bonchev–Trinajstić information content (AvgIpc) is 2.78. The topological polar surface area (TPSA) is 101 Å². The van der Waals surface area contributed by atoms with Crippen LogP contribution >= 0.6 is 0 Å². The zero-order valence-corrected chi connectivity index (χ0v) is 11.6. The van der Waals surface area contributed by atoms with Gasteiger partial charge >= 0.3 is 11.7 Å². The van der Waals surface area contributed by atoms with Crippen molar-refractivity contribution in [3.63, 3.8) is 0 Å². The SMILES string of the molecule is COC(=O)C(CC(C)C)Nc1ccc2n[nH]c(=O)n2n1. The summed E-state index contributed by atoms with van der Waals surface area (Å²) in [5.74, 6) is 0.365. The molecule has 0 aliphatic heterocycles. The molecule has 2 aromatic heterocycles. The highest BCUT2D eigenvalue weighted by atomic mass is 16.5. The normalized spacial score (nSPS) is 12.6. The van der Waals surface area contributed by atoms with Crippen LogP contribution in [0.15, 0.2) is 16.9 Å². The first-order valence-corrected chi connectivity index (χ1v) is 6.30. The predicted octanol–water partition coefficient (Wildman–Crippen LogP) is 0.417. The Balaban J connectivity index is 2.25. The summed E-state index contributed by atoms with van der Waals surface area (Å²) in [6.07, 6.45) is 0.604. The summed E-state index contributed by atoms with van der Waals surface area (Å²) in [6.45, 7) is 4.02. The second kappa shape index (κ2) is 5.72. The van der Waals surface area contributed by atoms with Gasteiger partial charge in [0, 0.05) is 0 Å². The van der Waals surface area contributed by atoms with Crippen LogP contribution in [-0.4, -0.2) is 38.9 Å². The molecule has 8 nitrogen and oxygen atoms in total. The molecular formula is C12H17N5O3. The van der Waals surface area contributed by atoms with E-state index in [-0.39, 0.29) is 5.97 Å². The van der Waals surface area contributed by atoms with Gasteiger partial charge in [-0.05, 0) is 24.5 Å². The first kappa shape index (κ1) is 14.0. The molecule has 0 radical (unpaired) electrons. The largest absolute Gasteiger partial charge is 0.467 e. The standard InChI is InChI=1S/C12H17N5O3/c1-7(2)6-8(11(18)20-3)13-9-4-5-10-14-15-12(19)17(10)16-9/h4-5,7-8H,6H2,1-3H3,(H,13,16)(H,15,19). The zero-order valence-electron chi connectivity index (χ0n) is 11.6. The molecule has 2 rings (SSSR count). The van der Waals surface area contributed by atoms with Crippen molar-refractivity contribution in [2.75, 3.05) is 12.4 Å². The third-order valence-corrected chi connectivity index (χ3v) is 2.79. The number of nitrogens with zero attached hydrogens (tertiary/aromatic N) is 3. The molecule has 8 heteroatoms. The fourth-order valence-electron chi connectivity index (χ4n) is 1.89. The van der Waals surface area contributed by atoms with Gasteiger partial charge in [-0.1, -0.05) is 13.8 Å². The maximum Gasteiger partial charge on any atom is 0.364 e. The van der Waals surface area contributed by atoms with Gasteiger partial charge in [-0.25, -0.2) is 14.7 Å². The summed E-state index contributed by atoms with van der Waals surface area (Å²) >= 11 is 0. The van der Waals surface area contributed by atoms with Gasteiger partial charge in [0.25, 0.3) is 0 Å². The lowest BCUT2D eigenvalue weighted by molar-refractivity contribution is -0.141. The van der Waals surface area contributed by atoms with E-state index in [9.17, 15) is 9.59 Å². The third kappa shape index (κ3) is 2.95. The molecule has 0 spiro atoms. The number of esters is 1. The van der Waals surface area contributed by atoms with E-state index >= 15 is 0 Å². The first-order valence-electron chi connectivity index (χ1n) is 6.30. The number of methoxy groups -OCH3 is 1. The number of H-pyrrole nitrogens is 1. The van der Waals surface area contributed by atoms with Gasteiger partial charge in [-0.3, -0.25) is 0 Å². The van der Waals surface area contributed by atoms with Crippen LogP contribution in [0.25, 0.3) is 5.65 Å². The molecule has 20 heavy (non-hydrogen) atoms. The van der Waals surface area contributed by atoms with Crippen molar-refractivity contribution in [3.8, 4) is 0 Å². The quantitative estimate of drug-likeness (QED) is 0.769. The van der Waals surface area contributed by atoms with E-state index in [1.54, 1.807) is 12.1 Å². The number of carbonyl (C=O) groups is 1. The molecule has 0 aliphatic carbocycles. The van der Waals surface area contributed by atoms with Crippen LogP contribution in [0.4, 0.5) is 5.82 Å². The van der Waals surface area contributed by atoms with Crippen LogP contribution in [0, 0.1) is 5.92 Å². The number of ether oxygens (including phenoxy) is 1. The Kier molecular flexibility index (Phi) is 4.02. The van der Waals surface area contributed by atoms with Crippen LogP contribution in [0.3, 0.4) is 0 Å². The van der Waals surface area contributed by atoms with E-state index in [4.69, 9.17) is 4.74 Å². The van der Waals surface area contributed by atoms with Crippen LogP contribution in [0.5, 0.6) is 0 Å². The molecule has 108 valence electrons. The molecule has 0 amide bonds. The number of hydrogen-bond donors (Lipinski definition) is 2. The molecule has 0 aromatic carbocycles. The molecule has 2 aromatic rings. The highest BCUT2D eigenvalue weighted by Crippen LogP contribution is 2.12. The molecule has 0 saturated carbocycles. The molecule has 0 saturated heterocycles. The van der Waals surface area contributed by atoms with E-state index < -0.39 is 11.7 Å². The predicted molar refractivity (Wildman–Crippen MR) is 72.5 cm³/mol. The lowest BCUT2D eigenvalue weighted by Crippen LogP contribution is -2.32. The van der Waals surface area contributed by atoms with Crippen LogP contribution in [0.1, 0.15) is 20.3 Å². The van der Waals surface area contributed by atoms with Gasteiger partial charge in [0.2, 0.25) is 0 Å². The Morgan fingerprint density at radius 3 is 2.90 bits per heavy atom. The molecule has 2 heterocycles. The van der Waals surface area contributed by atoms with Crippen LogP contribution in [-0.2, 0) is 9.53 Å². The molecule has 0 fully saturated rings. The maximum atomic E-state index is 11.7. The lowest BCUT2D eigenvalue weighted by Gasteiger charge is -2.18. The second-order valence-electron chi connectivity index (χ2n) is 4.87. The number of rotatable bonds is 5. The number of nitrogens with one attached hydrogen (secondary N) is 2. The Morgan fingerprint density at radius 2 is 2.25 bits per heavy atom.